The van der Waals surface area contributed by atoms with E-state index >= 15 is 0 Å². The molecule has 0 atom stereocenters. The molecule has 0 unspecified atom stereocenters. The van der Waals surface area contributed by atoms with E-state index in [0.717, 1.165) is 45.8 Å². The van der Waals surface area contributed by atoms with E-state index in [1.807, 2.05) is 0 Å². The summed E-state index contributed by atoms with van der Waals surface area (Å²) in [6, 6.07) is 2.97. The fourth-order valence-corrected chi connectivity index (χ4v) is 2.23. The van der Waals surface area contributed by atoms with Crippen molar-refractivity contribution >= 4 is 0 Å². The summed E-state index contributed by atoms with van der Waals surface area (Å²) >= 11 is 0. The molecule has 1 saturated heterocycles. The van der Waals surface area contributed by atoms with Gasteiger partial charge in [-0.15, -0.1) is 0 Å². The predicted octanol–water partition coefficient (Wildman–Crippen LogP) is 0.615. The van der Waals surface area contributed by atoms with Crippen LogP contribution in [0.5, 0.6) is 17.2 Å². The normalized spacial score (nSPS) is 16.4. The number of hydrogen-bond donors (Lipinski definition) is 4. The lowest BCUT2D eigenvalue weighted by Gasteiger charge is -2.26. The lowest BCUT2D eigenvalue weighted by molar-refractivity contribution is 0.0374. The molecule has 4 N–H and O–H groups in total. The topological polar surface area (TPSA) is 85.2 Å². The summed E-state index contributed by atoms with van der Waals surface area (Å²) in [6.07, 6.45) is 1.02. The molecule has 6 nitrogen and oxygen atoms in total. The molecule has 0 spiro atoms. The molecule has 20 heavy (non-hydrogen) atoms. The van der Waals surface area contributed by atoms with Crippen molar-refractivity contribution in [2.24, 2.45) is 0 Å². The smallest absolute Gasteiger partial charge is 0.200 e. The van der Waals surface area contributed by atoms with Crippen molar-refractivity contribution in [1.82, 2.24) is 10.2 Å². The first-order valence-corrected chi connectivity index (χ1v) is 6.92. The van der Waals surface area contributed by atoms with Crippen LogP contribution in [0.25, 0.3) is 0 Å². The van der Waals surface area contributed by atoms with Crippen LogP contribution in [0.4, 0.5) is 0 Å². The van der Waals surface area contributed by atoms with Crippen LogP contribution in [0.3, 0.4) is 0 Å². The van der Waals surface area contributed by atoms with Gasteiger partial charge in [-0.2, -0.15) is 0 Å². The molecule has 0 aliphatic carbocycles. The number of hydrogen-bond acceptors (Lipinski definition) is 6. The Labute approximate surface area is 118 Å². The van der Waals surface area contributed by atoms with Crippen LogP contribution in [-0.4, -0.2) is 59.6 Å². The number of nitrogens with zero attached hydrogens (tertiary/aromatic N) is 1. The van der Waals surface area contributed by atoms with E-state index in [1.54, 1.807) is 6.07 Å². The van der Waals surface area contributed by atoms with Gasteiger partial charge < -0.3 is 25.4 Å². The largest absolute Gasteiger partial charge is 0.504 e. The Hall–Kier alpha value is -1.50. The summed E-state index contributed by atoms with van der Waals surface area (Å²) in [5.74, 6) is -1.03. The summed E-state index contributed by atoms with van der Waals surface area (Å²) in [5, 5.41) is 31.5. The van der Waals surface area contributed by atoms with Crippen molar-refractivity contribution in [3.8, 4) is 17.2 Å². The third kappa shape index (κ3) is 4.00. The summed E-state index contributed by atoms with van der Waals surface area (Å²) in [7, 11) is 0. The summed E-state index contributed by atoms with van der Waals surface area (Å²) in [5.41, 5.74) is 0.576. The second-order valence-electron chi connectivity index (χ2n) is 4.93. The van der Waals surface area contributed by atoms with Crippen LogP contribution in [0.1, 0.15) is 12.0 Å². The van der Waals surface area contributed by atoms with Gasteiger partial charge in [0, 0.05) is 25.2 Å². The van der Waals surface area contributed by atoms with Crippen LogP contribution >= 0.6 is 0 Å². The van der Waals surface area contributed by atoms with E-state index < -0.39 is 5.75 Å². The SMILES string of the molecule is Oc1ccc(CNCCCN2CCOCC2)c(O)c1O. The van der Waals surface area contributed by atoms with Crippen LogP contribution in [0, 0.1) is 0 Å². The first-order chi connectivity index (χ1) is 9.68. The van der Waals surface area contributed by atoms with E-state index in [-0.39, 0.29) is 11.5 Å². The van der Waals surface area contributed by atoms with Crippen molar-refractivity contribution in [2.75, 3.05) is 39.4 Å². The number of aromatic hydroxyl groups is 3. The predicted molar refractivity (Wildman–Crippen MR) is 75.0 cm³/mol. The molecule has 0 bridgehead atoms. The van der Waals surface area contributed by atoms with E-state index in [2.05, 4.69) is 10.2 Å². The molecule has 0 aromatic heterocycles. The van der Waals surface area contributed by atoms with Crippen LogP contribution in [-0.2, 0) is 11.3 Å². The van der Waals surface area contributed by atoms with Crippen molar-refractivity contribution in [3.05, 3.63) is 17.7 Å². The summed E-state index contributed by atoms with van der Waals surface area (Å²) in [4.78, 5) is 2.37. The zero-order valence-electron chi connectivity index (χ0n) is 11.5. The molecule has 112 valence electrons. The number of ether oxygens (including phenoxy) is 1. The zero-order chi connectivity index (χ0) is 14.4. The molecule has 1 fully saturated rings. The number of rotatable bonds is 6. The molecule has 2 rings (SSSR count). The Balaban J connectivity index is 1.67. The van der Waals surface area contributed by atoms with Gasteiger partial charge in [0.05, 0.1) is 13.2 Å². The fraction of sp³-hybridized carbons (Fsp3) is 0.571. The maximum absolute atomic E-state index is 9.67. The molecular formula is C14H22N2O4. The fourth-order valence-electron chi connectivity index (χ4n) is 2.23. The quantitative estimate of drug-likeness (QED) is 0.452. The maximum atomic E-state index is 9.67. The summed E-state index contributed by atoms with van der Waals surface area (Å²) in [6.45, 7) is 5.94. The monoisotopic (exact) mass is 282 g/mol. The highest BCUT2D eigenvalue weighted by atomic mass is 16.5. The molecule has 1 aromatic rings. The lowest BCUT2D eigenvalue weighted by Crippen LogP contribution is -2.37. The van der Waals surface area contributed by atoms with Gasteiger partial charge in [0.25, 0.3) is 0 Å². The highest BCUT2D eigenvalue weighted by Crippen LogP contribution is 2.36. The highest BCUT2D eigenvalue weighted by molar-refractivity contribution is 5.52. The van der Waals surface area contributed by atoms with Crippen LogP contribution in [0.15, 0.2) is 12.1 Å². The molecule has 6 heteroatoms. The van der Waals surface area contributed by atoms with Gasteiger partial charge in [-0.3, -0.25) is 4.90 Å². The number of phenolic OH excluding ortho intramolecular Hbond substituents is 3. The standard InChI is InChI=1S/C14H22N2O4/c17-12-3-2-11(13(18)14(12)19)10-15-4-1-5-16-6-8-20-9-7-16/h2-3,15,17-19H,1,4-10H2. The molecule has 1 aliphatic heterocycles. The van der Waals surface area contributed by atoms with E-state index in [4.69, 9.17) is 4.74 Å². The van der Waals surface area contributed by atoms with Crippen molar-refractivity contribution in [3.63, 3.8) is 0 Å². The van der Waals surface area contributed by atoms with Gasteiger partial charge >= 0.3 is 0 Å². The average Bonchev–Trinajstić information content (AvgIpc) is 2.48. The van der Waals surface area contributed by atoms with Crippen molar-refractivity contribution < 1.29 is 20.1 Å². The Morgan fingerprint density at radius 3 is 2.60 bits per heavy atom. The van der Waals surface area contributed by atoms with E-state index in [1.165, 1.54) is 6.07 Å². The minimum atomic E-state index is -0.461. The number of phenols is 3. The van der Waals surface area contributed by atoms with Crippen LogP contribution < -0.4 is 5.32 Å². The van der Waals surface area contributed by atoms with Gasteiger partial charge in [-0.1, -0.05) is 6.07 Å². The number of benzene rings is 1. The summed E-state index contributed by atoms with van der Waals surface area (Å²) < 4.78 is 5.29. The molecule has 1 heterocycles. The molecule has 1 aliphatic rings. The van der Waals surface area contributed by atoms with Crippen LogP contribution in [0.2, 0.25) is 0 Å². The first kappa shape index (κ1) is 14.9. The Morgan fingerprint density at radius 1 is 1.10 bits per heavy atom. The third-order valence-corrected chi connectivity index (χ3v) is 3.46. The second kappa shape index (κ2) is 7.33. The minimum Gasteiger partial charge on any atom is -0.504 e. The average molecular weight is 282 g/mol. The number of nitrogens with one attached hydrogen (secondary N) is 1. The van der Waals surface area contributed by atoms with Gasteiger partial charge in [-0.25, -0.2) is 0 Å². The molecule has 0 amide bonds. The Bertz CT molecular complexity index is 433. The first-order valence-electron chi connectivity index (χ1n) is 6.92. The third-order valence-electron chi connectivity index (χ3n) is 3.46. The van der Waals surface area contributed by atoms with E-state index in [0.29, 0.717) is 12.1 Å². The minimum absolute atomic E-state index is 0.259. The number of morpholine rings is 1. The Morgan fingerprint density at radius 2 is 1.85 bits per heavy atom. The zero-order valence-corrected chi connectivity index (χ0v) is 11.5. The molecule has 1 aromatic carbocycles. The van der Waals surface area contributed by atoms with Gasteiger partial charge in [0.2, 0.25) is 5.75 Å². The second-order valence-corrected chi connectivity index (χ2v) is 4.93. The van der Waals surface area contributed by atoms with Crippen molar-refractivity contribution in [2.45, 2.75) is 13.0 Å². The lowest BCUT2D eigenvalue weighted by atomic mass is 10.1. The van der Waals surface area contributed by atoms with Gasteiger partial charge in [0.15, 0.2) is 11.5 Å². The highest BCUT2D eigenvalue weighted by Gasteiger charge is 2.11. The Kier molecular flexibility index (Phi) is 5.46. The van der Waals surface area contributed by atoms with E-state index in [9.17, 15) is 15.3 Å². The molecule has 0 radical (unpaired) electrons. The van der Waals surface area contributed by atoms with Crippen molar-refractivity contribution in [1.29, 1.82) is 0 Å². The molecular weight excluding hydrogens is 260 g/mol. The maximum Gasteiger partial charge on any atom is 0.200 e. The van der Waals surface area contributed by atoms with Gasteiger partial charge in [0.1, 0.15) is 0 Å². The molecule has 0 saturated carbocycles. The van der Waals surface area contributed by atoms with Gasteiger partial charge in [-0.05, 0) is 25.6 Å².